The molecular formula is C16H25NO3S. The van der Waals surface area contributed by atoms with Crippen molar-refractivity contribution in [3.8, 4) is 5.75 Å². The minimum absolute atomic E-state index is 0.138. The highest BCUT2D eigenvalue weighted by Crippen LogP contribution is 2.21. The van der Waals surface area contributed by atoms with Crippen LogP contribution in [-0.2, 0) is 9.84 Å². The van der Waals surface area contributed by atoms with Gasteiger partial charge in [0, 0.05) is 0 Å². The molecule has 118 valence electrons. The van der Waals surface area contributed by atoms with E-state index >= 15 is 0 Å². The van der Waals surface area contributed by atoms with E-state index in [9.17, 15) is 13.5 Å². The van der Waals surface area contributed by atoms with Gasteiger partial charge in [0.05, 0.1) is 10.6 Å². The van der Waals surface area contributed by atoms with Crippen molar-refractivity contribution >= 4 is 9.84 Å². The standard InChI is InChI=1S/C16H25NO3S/c1-14-13-15(7-8-16(14)18)21(19,20)12-6-5-11-17-9-3-2-4-10-17/h7-8,13,18H,2-6,9-12H2,1H3. The highest BCUT2D eigenvalue weighted by molar-refractivity contribution is 7.91. The molecule has 0 amide bonds. The van der Waals surface area contributed by atoms with Crippen molar-refractivity contribution in [3.63, 3.8) is 0 Å². The van der Waals surface area contributed by atoms with Gasteiger partial charge < -0.3 is 10.0 Å². The fraction of sp³-hybridized carbons (Fsp3) is 0.625. The van der Waals surface area contributed by atoms with Gasteiger partial charge in [0.15, 0.2) is 9.84 Å². The molecule has 0 atom stereocenters. The molecule has 2 rings (SSSR count). The van der Waals surface area contributed by atoms with Crippen LogP contribution in [0.3, 0.4) is 0 Å². The predicted molar refractivity (Wildman–Crippen MR) is 84.4 cm³/mol. The number of nitrogens with zero attached hydrogens (tertiary/aromatic N) is 1. The lowest BCUT2D eigenvalue weighted by Crippen LogP contribution is -2.30. The van der Waals surface area contributed by atoms with Crippen molar-refractivity contribution in [2.24, 2.45) is 0 Å². The normalized spacial score (nSPS) is 17.0. The first-order valence-electron chi connectivity index (χ1n) is 7.74. The molecule has 1 saturated heterocycles. The van der Waals surface area contributed by atoms with E-state index in [1.165, 1.54) is 31.4 Å². The molecule has 1 aromatic rings. The lowest BCUT2D eigenvalue weighted by molar-refractivity contribution is 0.226. The number of sulfone groups is 1. The number of aryl methyl sites for hydroxylation is 1. The molecule has 21 heavy (non-hydrogen) atoms. The van der Waals surface area contributed by atoms with E-state index in [0.717, 1.165) is 26.1 Å². The van der Waals surface area contributed by atoms with Crippen molar-refractivity contribution < 1.29 is 13.5 Å². The second-order valence-corrected chi connectivity index (χ2v) is 7.99. The maximum absolute atomic E-state index is 12.3. The number of aromatic hydroxyl groups is 1. The Labute approximate surface area is 127 Å². The van der Waals surface area contributed by atoms with Gasteiger partial charge in [-0.3, -0.25) is 0 Å². The second-order valence-electron chi connectivity index (χ2n) is 5.88. The van der Waals surface area contributed by atoms with Crippen LogP contribution < -0.4 is 0 Å². The highest BCUT2D eigenvalue weighted by atomic mass is 32.2. The zero-order chi connectivity index (χ0) is 15.3. The van der Waals surface area contributed by atoms with Gasteiger partial charge in [-0.05, 0) is 76.0 Å². The van der Waals surface area contributed by atoms with E-state index in [4.69, 9.17) is 0 Å². The minimum atomic E-state index is -3.23. The van der Waals surface area contributed by atoms with Crippen LogP contribution in [0.2, 0.25) is 0 Å². The summed E-state index contributed by atoms with van der Waals surface area (Å²) in [5.41, 5.74) is 0.601. The monoisotopic (exact) mass is 311 g/mol. The zero-order valence-corrected chi connectivity index (χ0v) is 13.5. The maximum atomic E-state index is 12.3. The third-order valence-electron chi connectivity index (χ3n) is 4.11. The Balaban J connectivity index is 1.82. The van der Waals surface area contributed by atoms with Gasteiger partial charge in [0.2, 0.25) is 0 Å². The van der Waals surface area contributed by atoms with Gasteiger partial charge in [-0.2, -0.15) is 0 Å². The predicted octanol–water partition coefficient (Wildman–Crippen LogP) is 2.74. The molecule has 1 N–H and O–H groups in total. The Morgan fingerprint density at radius 3 is 2.52 bits per heavy atom. The average Bonchev–Trinajstić information content (AvgIpc) is 2.47. The molecule has 0 aromatic heterocycles. The quantitative estimate of drug-likeness (QED) is 0.821. The summed E-state index contributed by atoms with van der Waals surface area (Å²) in [7, 11) is -3.23. The van der Waals surface area contributed by atoms with Crippen molar-refractivity contribution in [2.75, 3.05) is 25.4 Å². The molecule has 0 bridgehead atoms. The summed E-state index contributed by atoms with van der Waals surface area (Å²) >= 11 is 0. The number of hydrogen-bond acceptors (Lipinski definition) is 4. The third kappa shape index (κ3) is 4.71. The number of rotatable bonds is 6. The van der Waals surface area contributed by atoms with E-state index < -0.39 is 9.84 Å². The SMILES string of the molecule is Cc1cc(S(=O)(=O)CCCCN2CCCCC2)ccc1O. The molecule has 0 aliphatic carbocycles. The molecule has 0 unspecified atom stereocenters. The lowest BCUT2D eigenvalue weighted by atomic mass is 10.1. The van der Waals surface area contributed by atoms with Crippen molar-refractivity contribution in [1.29, 1.82) is 0 Å². The molecule has 0 radical (unpaired) electrons. The minimum Gasteiger partial charge on any atom is -0.508 e. The van der Waals surface area contributed by atoms with Crippen LogP contribution in [-0.4, -0.2) is 43.8 Å². The van der Waals surface area contributed by atoms with Gasteiger partial charge in [-0.25, -0.2) is 8.42 Å². The molecule has 0 saturated carbocycles. The van der Waals surface area contributed by atoms with E-state index in [0.29, 0.717) is 16.9 Å². The van der Waals surface area contributed by atoms with Gasteiger partial charge in [0.25, 0.3) is 0 Å². The average molecular weight is 311 g/mol. The molecular weight excluding hydrogens is 286 g/mol. The zero-order valence-electron chi connectivity index (χ0n) is 12.7. The number of piperidine rings is 1. The van der Waals surface area contributed by atoms with Gasteiger partial charge in [-0.15, -0.1) is 0 Å². The summed E-state index contributed by atoms with van der Waals surface area (Å²) in [5, 5.41) is 9.47. The molecule has 1 aliphatic heterocycles. The van der Waals surface area contributed by atoms with Crippen LogP contribution in [0.5, 0.6) is 5.75 Å². The molecule has 5 heteroatoms. The summed E-state index contributed by atoms with van der Waals surface area (Å²) in [6.07, 6.45) is 5.48. The van der Waals surface area contributed by atoms with Crippen LogP contribution in [0.1, 0.15) is 37.7 Å². The Bertz CT molecular complexity index is 563. The van der Waals surface area contributed by atoms with Crippen LogP contribution in [0.4, 0.5) is 0 Å². The number of phenols is 1. The van der Waals surface area contributed by atoms with E-state index in [-0.39, 0.29) is 11.5 Å². The van der Waals surface area contributed by atoms with E-state index in [1.54, 1.807) is 13.0 Å². The van der Waals surface area contributed by atoms with Gasteiger partial charge in [-0.1, -0.05) is 6.42 Å². The van der Waals surface area contributed by atoms with Gasteiger partial charge in [0.1, 0.15) is 5.75 Å². The molecule has 1 aromatic carbocycles. The Morgan fingerprint density at radius 2 is 1.86 bits per heavy atom. The van der Waals surface area contributed by atoms with Crippen LogP contribution >= 0.6 is 0 Å². The summed E-state index contributed by atoms with van der Waals surface area (Å²) in [5.74, 6) is 0.324. The highest BCUT2D eigenvalue weighted by Gasteiger charge is 2.16. The summed E-state index contributed by atoms with van der Waals surface area (Å²) < 4.78 is 24.5. The van der Waals surface area contributed by atoms with Crippen molar-refractivity contribution in [1.82, 2.24) is 4.90 Å². The largest absolute Gasteiger partial charge is 0.508 e. The number of phenolic OH excluding ortho intramolecular Hbond substituents is 1. The van der Waals surface area contributed by atoms with Crippen LogP contribution in [0.25, 0.3) is 0 Å². The summed E-state index contributed by atoms with van der Waals surface area (Å²) in [6, 6.07) is 4.49. The lowest BCUT2D eigenvalue weighted by Gasteiger charge is -2.26. The second kappa shape index (κ2) is 7.27. The molecule has 1 fully saturated rings. The number of likely N-dealkylation sites (tertiary alicyclic amines) is 1. The topological polar surface area (TPSA) is 57.6 Å². The molecule has 1 aliphatic rings. The number of benzene rings is 1. The van der Waals surface area contributed by atoms with E-state index in [2.05, 4.69) is 4.90 Å². The van der Waals surface area contributed by atoms with Crippen LogP contribution in [0.15, 0.2) is 23.1 Å². The van der Waals surface area contributed by atoms with Crippen molar-refractivity contribution in [3.05, 3.63) is 23.8 Å². The smallest absolute Gasteiger partial charge is 0.178 e. The summed E-state index contributed by atoms with van der Waals surface area (Å²) in [6.45, 7) is 5.03. The molecule has 4 nitrogen and oxygen atoms in total. The number of unbranched alkanes of at least 4 members (excludes halogenated alkanes) is 1. The van der Waals surface area contributed by atoms with Crippen molar-refractivity contribution in [2.45, 2.75) is 43.9 Å². The Kier molecular flexibility index (Phi) is 5.65. The fourth-order valence-electron chi connectivity index (χ4n) is 2.75. The van der Waals surface area contributed by atoms with Gasteiger partial charge >= 0.3 is 0 Å². The summed E-state index contributed by atoms with van der Waals surface area (Å²) in [4.78, 5) is 2.75. The third-order valence-corrected chi connectivity index (χ3v) is 5.91. The maximum Gasteiger partial charge on any atom is 0.178 e. The van der Waals surface area contributed by atoms with E-state index in [1.807, 2.05) is 0 Å². The molecule has 1 heterocycles. The fourth-order valence-corrected chi connectivity index (χ4v) is 4.20. The Hall–Kier alpha value is -1.07. The van der Waals surface area contributed by atoms with Crippen LogP contribution in [0, 0.1) is 6.92 Å². The first-order chi connectivity index (χ1) is 9.99. The first-order valence-corrected chi connectivity index (χ1v) is 9.39. The number of hydrogen-bond donors (Lipinski definition) is 1. The molecule has 0 spiro atoms. The Morgan fingerprint density at radius 1 is 1.14 bits per heavy atom. The first kappa shape index (κ1) is 16.3.